The van der Waals surface area contributed by atoms with Crippen molar-refractivity contribution in [2.75, 3.05) is 32.1 Å². The average molecular weight is 242 g/mol. The number of ether oxygens (including phenoxy) is 1. The van der Waals surface area contributed by atoms with E-state index < -0.39 is 11.9 Å². The first-order valence-corrected chi connectivity index (χ1v) is 5.51. The van der Waals surface area contributed by atoms with Crippen molar-refractivity contribution < 1.29 is 14.2 Å². The number of halogens is 1. The van der Waals surface area contributed by atoms with E-state index in [4.69, 9.17) is 10.5 Å². The Morgan fingerprint density at radius 3 is 2.76 bits per heavy atom. The number of nitrogens with zero attached hydrogens (tertiary/aromatic N) is 1. The fraction of sp³-hybridized carbons (Fsp3) is 0.500. The minimum atomic E-state index is -0.504. The van der Waals surface area contributed by atoms with Crippen LogP contribution in [-0.2, 0) is 0 Å². The van der Waals surface area contributed by atoms with Gasteiger partial charge in [-0.2, -0.15) is 0 Å². The second kappa shape index (κ2) is 6.42. The van der Waals surface area contributed by atoms with Crippen LogP contribution in [0.3, 0.4) is 0 Å². The van der Waals surface area contributed by atoms with E-state index in [2.05, 4.69) is 0 Å². The molecule has 0 aliphatic heterocycles. The number of aliphatic hydroxyl groups excluding tert-OH is 1. The van der Waals surface area contributed by atoms with Crippen molar-refractivity contribution in [3.8, 4) is 5.75 Å². The maximum absolute atomic E-state index is 13.5. The molecule has 96 valence electrons. The van der Waals surface area contributed by atoms with Crippen molar-refractivity contribution in [3.63, 3.8) is 0 Å². The molecule has 0 saturated heterocycles. The highest BCUT2D eigenvalue weighted by Crippen LogP contribution is 2.22. The number of rotatable bonds is 6. The van der Waals surface area contributed by atoms with Crippen molar-refractivity contribution in [2.24, 2.45) is 5.73 Å². The zero-order chi connectivity index (χ0) is 12.8. The first-order chi connectivity index (χ1) is 8.08. The topological polar surface area (TPSA) is 58.7 Å². The predicted octanol–water partition coefficient (Wildman–Crippen LogP) is 0.980. The summed E-state index contributed by atoms with van der Waals surface area (Å²) in [5.74, 6) is -0.199. The third-order valence-electron chi connectivity index (χ3n) is 2.56. The number of hydrogen-bond donors (Lipinski definition) is 2. The van der Waals surface area contributed by atoms with Crippen LogP contribution in [0.1, 0.15) is 6.42 Å². The fourth-order valence-corrected chi connectivity index (χ4v) is 1.60. The first kappa shape index (κ1) is 13.7. The van der Waals surface area contributed by atoms with Crippen LogP contribution in [0.4, 0.5) is 10.1 Å². The maximum atomic E-state index is 13.5. The average Bonchev–Trinajstić information content (AvgIpc) is 2.29. The largest absolute Gasteiger partial charge is 0.494 e. The van der Waals surface area contributed by atoms with E-state index in [0.29, 0.717) is 25.2 Å². The highest BCUT2D eigenvalue weighted by Gasteiger charge is 2.10. The molecule has 17 heavy (non-hydrogen) atoms. The van der Waals surface area contributed by atoms with Gasteiger partial charge >= 0.3 is 0 Å². The lowest BCUT2D eigenvalue weighted by Crippen LogP contribution is -2.30. The molecule has 4 nitrogen and oxygen atoms in total. The standard InChI is InChI=1S/C12H19FN2O2/c1-15(8-10(16)5-6-14)9-3-4-12(17-2)11(13)7-9/h3-4,7,10,16H,5-6,8,14H2,1-2H3. The Bertz CT molecular complexity index is 360. The Hall–Kier alpha value is -1.33. The molecular weight excluding hydrogens is 223 g/mol. The van der Waals surface area contributed by atoms with E-state index in [0.717, 1.165) is 0 Å². The minimum Gasteiger partial charge on any atom is -0.494 e. The maximum Gasteiger partial charge on any atom is 0.167 e. The highest BCUT2D eigenvalue weighted by molar-refractivity contribution is 5.49. The third-order valence-corrected chi connectivity index (χ3v) is 2.56. The van der Waals surface area contributed by atoms with E-state index in [9.17, 15) is 9.50 Å². The summed E-state index contributed by atoms with van der Waals surface area (Å²) >= 11 is 0. The first-order valence-electron chi connectivity index (χ1n) is 5.51. The van der Waals surface area contributed by atoms with Crippen molar-refractivity contribution >= 4 is 5.69 Å². The SMILES string of the molecule is COc1ccc(N(C)CC(O)CCN)cc1F. The number of methoxy groups -OCH3 is 1. The normalized spacial score (nSPS) is 12.3. The Morgan fingerprint density at radius 1 is 1.53 bits per heavy atom. The van der Waals surface area contributed by atoms with Crippen LogP contribution >= 0.6 is 0 Å². The summed E-state index contributed by atoms with van der Waals surface area (Å²) in [6, 6.07) is 4.70. The van der Waals surface area contributed by atoms with Crippen LogP contribution in [0.5, 0.6) is 5.75 Å². The van der Waals surface area contributed by atoms with Crippen molar-refractivity contribution in [2.45, 2.75) is 12.5 Å². The molecule has 0 fully saturated rings. The zero-order valence-electron chi connectivity index (χ0n) is 10.2. The van der Waals surface area contributed by atoms with E-state index in [1.807, 2.05) is 0 Å². The Balaban J connectivity index is 2.69. The summed E-state index contributed by atoms with van der Waals surface area (Å²) < 4.78 is 18.3. The van der Waals surface area contributed by atoms with Gasteiger partial charge in [-0.3, -0.25) is 0 Å². The Labute approximate surface area is 101 Å². The summed E-state index contributed by atoms with van der Waals surface area (Å²) in [5, 5.41) is 9.61. The molecule has 1 aromatic rings. The smallest absolute Gasteiger partial charge is 0.167 e. The molecule has 0 aliphatic carbocycles. The number of anilines is 1. The lowest BCUT2D eigenvalue weighted by molar-refractivity contribution is 0.174. The molecule has 1 unspecified atom stereocenters. The third kappa shape index (κ3) is 3.87. The predicted molar refractivity (Wildman–Crippen MR) is 65.9 cm³/mol. The molecule has 1 aromatic carbocycles. The monoisotopic (exact) mass is 242 g/mol. The lowest BCUT2D eigenvalue weighted by atomic mass is 10.2. The van der Waals surface area contributed by atoms with Gasteiger partial charge in [0.25, 0.3) is 0 Å². The number of aliphatic hydroxyl groups is 1. The van der Waals surface area contributed by atoms with Crippen LogP contribution in [0.2, 0.25) is 0 Å². The summed E-state index contributed by atoms with van der Waals surface area (Å²) in [6.45, 7) is 0.856. The van der Waals surface area contributed by atoms with Gasteiger partial charge in [-0.1, -0.05) is 0 Å². The molecule has 1 rings (SSSR count). The second-order valence-electron chi connectivity index (χ2n) is 3.93. The van der Waals surface area contributed by atoms with E-state index in [-0.39, 0.29) is 5.75 Å². The summed E-state index contributed by atoms with van der Waals surface area (Å²) in [7, 11) is 3.22. The van der Waals surface area contributed by atoms with Crippen LogP contribution in [0.15, 0.2) is 18.2 Å². The Kier molecular flexibility index (Phi) is 5.18. The molecule has 5 heteroatoms. The summed E-state index contributed by atoms with van der Waals surface area (Å²) in [6.07, 6.45) is 0.0263. The minimum absolute atomic E-state index is 0.213. The van der Waals surface area contributed by atoms with Crippen LogP contribution in [-0.4, -0.2) is 38.5 Å². The summed E-state index contributed by atoms with van der Waals surface area (Å²) in [5.41, 5.74) is 6.04. The van der Waals surface area contributed by atoms with E-state index >= 15 is 0 Å². The summed E-state index contributed by atoms with van der Waals surface area (Å²) in [4.78, 5) is 1.78. The Morgan fingerprint density at radius 2 is 2.24 bits per heavy atom. The van der Waals surface area contributed by atoms with Crippen LogP contribution in [0.25, 0.3) is 0 Å². The molecule has 0 amide bonds. The van der Waals surface area contributed by atoms with Crippen molar-refractivity contribution in [1.82, 2.24) is 0 Å². The van der Waals surface area contributed by atoms with Gasteiger partial charge in [-0.15, -0.1) is 0 Å². The molecule has 3 N–H and O–H groups in total. The molecular formula is C12H19FN2O2. The van der Waals surface area contributed by atoms with E-state index in [1.54, 1.807) is 24.1 Å². The zero-order valence-corrected chi connectivity index (χ0v) is 10.2. The number of hydrogen-bond acceptors (Lipinski definition) is 4. The quantitative estimate of drug-likeness (QED) is 0.780. The van der Waals surface area contributed by atoms with Gasteiger partial charge in [0, 0.05) is 25.3 Å². The number of nitrogens with two attached hydrogens (primary N) is 1. The van der Waals surface area contributed by atoms with Gasteiger partial charge in [0.05, 0.1) is 13.2 Å². The van der Waals surface area contributed by atoms with Gasteiger partial charge in [0.15, 0.2) is 11.6 Å². The highest BCUT2D eigenvalue weighted by atomic mass is 19.1. The molecule has 0 spiro atoms. The van der Waals surface area contributed by atoms with Gasteiger partial charge in [-0.05, 0) is 25.1 Å². The molecule has 0 bridgehead atoms. The fourth-order valence-electron chi connectivity index (χ4n) is 1.60. The van der Waals surface area contributed by atoms with E-state index in [1.165, 1.54) is 13.2 Å². The molecule has 0 radical (unpaired) electrons. The molecule has 0 aliphatic rings. The molecule has 1 atom stereocenters. The van der Waals surface area contributed by atoms with Gasteiger partial charge in [0.2, 0.25) is 0 Å². The van der Waals surface area contributed by atoms with Gasteiger partial charge in [-0.25, -0.2) is 4.39 Å². The lowest BCUT2D eigenvalue weighted by Gasteiger charge is -2.22. The van der Waals surface area contributed by atoms with Crippen molar-refractivity contribution in [3.05, 3.63) is 24.0 Å². The van der Waals surface area contributed by atoms with Gasteiger partial charge in [0.1, 0.15) is 0 Å². The van der Waals surface area contributed by atoms with Crippen LogP contribution < -0.4 is 15.4 Å². The number of likely N-dealkylation sites (N-methyl/N-ethyl adjacent to an activating group) is 1. The second-order valence-corrected chi connectivity index (χ2v) is 3.93. The van der Waals surface area contributed by atoms with Crippen molar-refractivity contribution in [1.29, 1.82) is 0 Å². The van der Waals surface area contributed by atoms with Crippen LogP contribution in [0, 0.1) is 5.82 Å². The molecule has 0 aromatic heterocycles. The molecule has 0 heterocycles. The van der Waals surface area contributed by atoms with Gasteiger partial charge < -0.3 is 20.5 Å². The number of benzene rings is 1. The molecule has 0 saturated carbocycles.